The summed E-state index contributed by atoms with van der Waals surface area (Å²) in [5.41, 5.74) is 1.65. The van der Waals surface area contributed by atoms with E-state index in [0.717, 1.165) is 21.6 Å². The van der Waals surface area contributed by atoms with Gasteiger partial charge >= 0.3 is 0 Å². The standard InChI is InChI=1S/C33H30N2O5S/c1-23-12-16-26(17-13-23)33(32(38)34-20-25-8-4-3-5-9-25,22-41(39,40)27-18-14-24(2)15-19-27)21-35-30(36)28-10-6-7-11-29(28)31(35)37/h3-19H,20-22H2,1-2H3,(H,34,38). The maximum atomic E-state index is 14.3. The summed E-state index contributed by atoms with van der Waals surface area (Å²) in [6.07, 6.45) is 0. The molecule has 1 aliphatic rings. The number of aryl methyl sites for hydroxylation is 2. The Morgan fingerprint density at radius 3 is 1.80 bits per heavy atom. The van der Waals surface area contributed by atoms with Crippen molar-refractivity contribution >= 4 is 27.6 Å². The molecule has 0 bridgehead atoms. The van der Waals surface area contributed by atoms with Crippen molar-refractivity contribution in [3.8, 4) is 0 Å². The lowest BCUT2D eigenvalue weighted by atomic mass is 9.80. The van der Waals surface area contributed by atoms with Gasteiger partial charge < -0.3 is 5.32 Å². The number of hydrogen-bond donors (Lipinski definition) is 1. The maximum absolute atomic E-state index is 14.3. The number of imide groups is 1. The molecule has 41 heavy (non-hydrogen) atoms. The largest absolute Gasteiger partial charge is 0.351 e. The van der Waals surface area contributed by atoms with Crippen LogP contribution in [0.1, 0.15) is 43.0 Å². The average Bonchev–Trinajstić information content (AvgIpc) is 3.21. The summed E-state index contributed by atoms with van der Waals surface area (Å²) in [6, 6.07) is 29.0. The summed E-state index contributed by atoms with van der Waals surface area (Å²) >= 11 is 0. The first-order valence-electron chi connectivity index (χ1n) is 13.2. The normalized spacial score (nSPS) is 14.4. The Morgan fingerprint density at radius 1 is 0.732 bits per heavy atom. The number of rotatable bonds is 9. The molecule has 0 radical (unpaired) electrons. The lowest BCUT2D eigenvalue weighted by Gasteiger charge is -2.35. The lowest BCUT2D eigenvalue weighted by Crippen LogP contribution is -2.56. The zero-order valence-electron chi connectivity index (χ0n) is 22.8. The first-order chi connectivity index (χ1) is 19.6. The van der Waals surface area contributed by atoms with Crippen molar-refractivity contribution in [1.82, 2.24) is 10.2 Å². The first kappa shape index (κ1) is 28.0. The van der Waals surface area contributed by atoms with E-state index in [1.807, 2.05) is 44.2 Å². The molecule has 1 atom stereocenters. The summed E-state index contributed by atoms with van der Waals surface area (Å²) in [5, 5.41) is 2.91. The van der Waals surface area contributed by atoms with Crippen LogP contribution < -0.4 is 5.32 Å². The second-order valence-electron chi connectivity index (χ2n) is 10.4. The molecule has 208 valence electrons. The van der Waals surface area contributed by atoms with Crippen LogP contribution in [0.25, 0.3) is 0 Å². The Balaban J connectivity index is 1.63. The topological polar surface area (TPSA) is 101 Å². The van der Waals surface area contributed by atoms with Crippen LogP contribution in [0, 0.1) is 13.8 Å². The minimum absolute atomic E-state index is 0.0535. The van der Waals surface area contributed by atoms with E-state index in [-0.39, 0.29) is 22.6 Å². The van der Waals surface area contributed by atoms with Crippen LogP contribution in [-0.4, -0.2) is 43.3 Å². The highest BCUT2D eigenvalue weighted by Crippen LogP contribution is 2.34. The van der Waals surface area contributed by atoms with E-state index in [2.05, 4.69) is 5.32 Å². The molecule has 1 heterocycles. The van der Waals surface area contributed by atoms with E-state index in [0.29, 0.717) is 5.56 Å². The second-order valence-corrected chi connectivity index (χ2v) is 12.4. The van der Waals surface area contributed by atoms with Gasteiger partial charge in [0.25, 0.3) is 11.8 Å². The van der Waals surface area contributed by atoms with Gasteiger partial charge in [-0.05, 0) is 49.2 Å². The number of amides is 3. The van der Waals surface area contributed by atoms with E-state index < -0.39 is 45.3 Å². The highest BCUT2D eigenvalue weighted by atomic mass is 32.2. The molecule has 7 nitrogen and oxygen atoms in total. The van der Waals surface area contributed by atoms with E-state index >= 15 is 0 Å². The Hall–Kier alpha value is -4.56. The van der Waals surface area contributed by atoms with Crippen molar-refractivity contribution in [3.63, 3.8) is 0 Å². The van der Waals surface area contributed by atoms with Crippen LogP contribution >= 0.6 is 0 Å². The molecular weight excluding hydrogens is 536 g/mol. The molecule has 0 aromatic heterocycles. The van der Waals surface area contributed by atoms with E-state index in [1.165, 1.54) is 12.1 Å². The smallest absolute Gasteiger partial charge is 0.261 e. The number of carbonyl (C=O) groups excluding carboxylic acids is 3. The minimum Gasteiger partial charge on any atom is -0.351 e. The van der Waals surface area contributed by atoms with Crippen molar-refractivity contribution < 1.29 is 22.8 Å². The molecule has 5 rings (SSSR count). The molecule has 0 aliphatic carbocycles. The fourth-order valence-electron chi connectivity index (χ4n) is 5.11. The van der Waals surface area contributed by atoms with Crippen molar-refractivity contribution in [2.24, 2.45) is 0 Å². The van der Waals surface area contributed by atoms with Gasteiger partial charge in [0.15, 0.2) is 9.84 Å². The number of sulfone groups is 1. The van der Waals surface area contributed by atoms with Crippen molar-refractivity contribution in [2.45, 2.75) is 30.7 Å². The number of hydrogen-bond acceptors (Lipinski definition) is 5. The average molecular weight is 567 g/mol. The second kappa shape index (κ2) is 11.1. The Labute approximate surface area is 239 Å². The zero-order chi connectivity index (χ0) is 29.2. The third-order valence-corrected chi connectivity index (χ3v) is 9.32. The first-order valence-corrected chi connectivity index (χ1v) is 14.9. The van der Waals surface area contributed by atoms with Crippen molar-refractivity contribution in [3.05, 3.63) is 137 Å². The van der Waals surface area contributed by atoms with Gasteiger partial charge in [-0.3, -0.25) is 19.3 Å². The Bertz CT molecular complexity index is 1680. The van der Waals surface area contributed by atoms with Crippen molar-refractivity contribution in [2.75, 3.05) is 12.3 Å². The number of benzene rings is 4. The van der Waals surface area contributed by atoms with Gasteiger partial charge in [0.2, 0.25) is 5.91 Å². The quantitative estimate of drug-likeness (QED) is 0.298. The van der Waals surface area contributed by atoms with Gasteiger partial charge in [0.05, 0.1) is 21.8 Å². The van der Waals surface area contributed by atoms with E-state index in [9.17, 15) is 22.8 Å². The third kappa shape index (κ3) is 5.56. The van der Waals surface area contributed by atoms with Gasteiger partial charge in [-0.25, -0.2) is 8.42 Å². The molecule has 1 aliphatic heterocycles. The highest BCUT2D eigenvalue weighted by molar-refractivity contribution is 7.91. The fourth-order valence-corrected chi connectivity index (χ4v) is 6.87. The monoisotopic (exact) mass is 566 g/mol. The highest BCUT2D eigenvalue weighted by Gasteiger charge is 2.49. The van der Waals surface area contributed by atoms with Gasteiger partial charge in [0, 0.05) is 13.1 Å². The number of carbonyl (C=O) groups is 3. The van der Waals surface area contributed by atoms with Crippen LogP contribution in [-0.2, 0) is 26.6 Å². The molecule has 1 N–H and O–H groups in total. The lowest BCUT2D eigenvalue weighted by molar-refractivity contribution is -0.126. The zero-order valence-corrected chi connectivity index (χ0v) is 23.6. The molecule has 4 aromatic carbocycles. The molecule has 0 fully saturated rings. The van der Waals surface area contributed by atoms with Crippen LogP contribution in [0.4, 0.5) is 0 Å². The van der Waals surface area contributed by atoms with Gasteiger partial charge in [-0.2, -0.15) is 0 Å². The molecular formula is C33H30N2O5S. The van der Waals surface area contributed by atoms with Crippen LogP contribution in [0.2, 0.25) is 0 Å². The van der Waals surface area contributed by atoms with Crippen LogP contribution in [0.15, 0.2) is 108 Å². The van der Waals surface area contributed by atoms with Crippen LogP contribution in [0.5, 0.6) is 0 Å². The molecule has 0 spiro atoms. The van der Waals surface area contributed by atoms with E-state index in [1.54, 1.807) is 60.7 Å². The summed E-state index contributed by atoms with van der Waals surface area (Å²) in [5.74, 6) is -2.38. The molecule has 0 saturated heterocycles. The predicted octanol–water partition coefficient (Wildman–Crippen LogP) is 4.63. The van der Waals surface area contributed by atoms with Gasteiger partial charge in [-0.15, -0.1) is 0 Å². The third-order valence-electron chi connectivity index (χ3n) is 7.46. The summed E-state index contributed by atoms with van der Waals surface area (Å²) in [4.78, 5) is 42.3. The van der Waals surface area contributed by atoms with Crippen LogP contribution in [0.3, 0.4) is 0 Å². The molecule has 8 heteroatoms. The number of nitrogens with zero attached hydrogens (tertiary/aromatic N) is 1. The molecule has 1 unspecified atom stereocenters. The van der Waals surface area contributed by atoms with Gasteiger partial charge in [-0.1, -0.05) is 90.0 Å². The SMILES string of the molecule is Cc1ccc(C(CN2C(=O)c3ccccc3C2=O)(CS(=O)(=O)c2ccc(C)cc2)C(=O)NCc2ccccc2)cc1. The van der Waals surface area contributed by atoms with Crippen molar-refractivity contribution in [1.29, 1.82) is 0 Å². The van der Waals surface area contributed by atoms with Gasteiger partial charge in [0.1, 0.15) is 5.41 Å². The summed E-state index contributed by atoms with van der Waals surface area (Å²) in [6.45, 7) is 3.43. The minimum atomic E-state index is -4.08. The molecule has 0 saturated carbocycles. The maximum Gasteiger partial charge on any atom is 0.261 e. The predicted molar refractivity (Wildman–Crippen MR) is 156 cm³/mol. The molecule has 4 aromatic rings. The Morgan fingerprint density at radius 2 is 1.24 bits per heavy atom. The Kier molecular flexibility index (Phi) is 7.60. The molecule has 3 amide bonds. The fraction of sp³-hybridized carbons (Fsp3) is 0.182. The number of nitrogens with one attached hydrogen (secondary N) is 1. The summed E-state index contributed by atoms with van der Waals surface area (Å²) in [7, 11) is -4.08. The summed E-state index contributed by atoms with van der Waals surface area (Å²) < 4.78 is 27.9. The number of fused-ring (bicyclic) bond motifs is 1. The van der Waals surface area contributed by atoms with E-state index in [4.69, 9.17) is 0 Å².